The fraction of sp³-hybridized carbons (Fsp3) is 0.667. The van der Waals surface area contributed by atoms with E-state index >= 15 is 0 Å². The summed E-state index contributed by atoms with van der Waals surface area (Å²) in [6.45, 7) is 7.36. The molecule has 1 aromatic heterocycles. The largest absolute Gasteiger partial charge is 0.322 e. The fourth-order valence-corrected chi connectivity index (χ4v) is 1.44. The summed E-state index contributed by atoms with van der Waals surface area (Å²) in [6, 6.07) is -0.150. The molecule has 5 nitrogen and oxygen atoms in total. The van der Waals surface area contributed by atoms with Crippen molar-refractivity contribution < 1.29 is 4.79 Å². The van der Waals surface area contributed by atoms with Gasteiger partial charge < -0.3 is 11.1 Å². The van der Waals surface area contributed by atoms with Gasteiger partial charge in [0, 0.05) is 5.41 Å². The third-order valence-corrected chi connectivity index (χ3v) is 2.77. The lowest BCUT2D eigenvalue weighted by molar-refractivity contribution is -0.123. The molecule has 0 aliphatic rings. The Labute approximate surface area is 93.1 Å². The summed E-state index contributed by atoms with van der Waals surface area (Å²) < 4.78 is 0. The number of amides is 1. The molecule has 84 valence electrons. The van der Waals surface area contributed by atoms with E-state index in [0.29, 0.717) is 5.13 Å². The molecule has 0 aromatic carbocycles. The molecule has 0 saturated carbocycles. The van der Waals surface area contributed by atoms with Crippen LogP contribution in [0.3, 0.4) is 0 Å². The Balaban J connectivity index is 2.70. The number of nitrogens with two attached hydrogens (primary N) is 1. The number of nitrogens with zero attached hydrogens (tertiary/aromatic N) is 2. The van der Waals surface area contributed by atoms with E-state index in [1.165, 1.54) is 11.3 Å². The summed E-state index contributed by atoms with van der Waals surface area (Å²) in [4.78, 5) is 11.6. The third-order valence-electron chi connectivity index (χ3n) is 1.73. The second-order valence-electron chi connectivity index (χ2n) is 4.44. The van der Waals surface area contributed by atoms with Crippen LogP contribution >= 0.6 is 11.3 Å². The fourth-order valence-electron chi connectivity index (χ4n) is 0.754. The van der Waals surface area contributed by atoms with Gasteiger partial charge in [-0.25, -0.2) is 0 Å². The second-order valence-corrected chi connectivity index (χ2v) is 5.45. The van der Waals surface area contributed by atoms with E-state index < -0.39 is 5.41 Å². The average molecular weight is 228 g/mol. The number of hydrogen-bond acceptors (Lipinski definition) is 5. The number of carbonyl (C=O) groups excluding carboxylic acids is 1. The summed E-state index contributed by atoms with van der Waals surface area (Å²) in [6.07, 6.45) is 0. The van der Waals surface area contributed by atoms with E-state index in [1.54, 1.807) is 0 Å². The minimum atomic E-state index is -0.430. The lowest BCUT2D eigenvalue weighted by atomic mass is 9.96. The molecule has 6 heteroatoms. The van der Waals surface area contributed by atoms with Gasteiger partial charge in [0.05, 0.1) is 6.04 Å². The van der Waals surface area contributed by atoms with Crippen molar-refractivity contribution in [2.75, 3.05) is 5.32 Å². The maximum Gasteiger partial charge on any atom is 0.231 e. The topological polar surface area (TPSA) is 80.9 Å². The molecule has 1 unspecified atom stereocenters. The van der Waals surface area contributed by atoms with Crippen LogP contribution in [-0.2, 0) is 4.79 Å². The van der Waals surface area contributed by atoms with E-state index in [9.17, 15) is 4.79 Å². The summed E-state index contributed by atoms with van der Waals surface area (Å²) in [5.74, 6) is -0.0742. The maximum atomic E-state index is 11.6. The van der Waals surface area contributed by atoms with Crippen LogP contribution in [0.25, 0.3) is 0 Å². The van der Waals surface area contributed by atoms with Gasteiger partial charge in [0.1, 0.15) is 5.01 Å². The number of anilines is 1. The standard InChI is InChI=1S/C9H16N4OS/c1-5(10)6-12-13-8(15-6)11-7(14)9(2,3)4/h5H,10H2,1-4H3,(H,11,13,14). The van der Waals surface area contributed by atoms with Gasteiger partial charge in [-0.2, -0.15) is 0 Å². The molecular weight excluding hydrogens is 212 g/mol. The Kier molecular flexibility index (Phi) is 3.41. The van der Waals surface area contributed by atoms with Gasteiger partial charge >= 0.3 is 0 Å². The average Bonchev–Trinajstić information content (AvgIpc) is 2.50. The van der Waals surface area contributed by atoms with Gasteiger partial charge in [0.15, 0.2) is 0 Å². The molecule has 0 spiro atoms. The zero-order valence-corrected chi connectivity index (χ0v) is 10.2. The SMILES string of the molecule is CC(N)c1nnc(NC(=O)C(C)(C)C)s1. The minimum Gasteiger partial charge on any atom is -0.322 e. The normalized spacial score (nSPS) is 13.7. The van der Waals surface area contributed by atoms with Gasteiger partial charge in [-0.15, -0.1) is 10.2 Å². The first kappa shape index (κ1) is 12.1. The molecule has 0 saturated heterocycles. The quantitative estimate of drug-likeness (QED) is 0.804. The number of hydrogen-bond donors (Lipinski definition) is 2. The van der Waals surface area contributed by atoms with Gasteiger partial charge in [0.25, 0.3) is 0 Å². The maximum absolute atomic E-state index is 11.6. The van der Waals surface area contributed by atoms with E-state index in [1.807, 2.05) is 27.7 Å². The number of rotatable bonds is 2. The van der Waals surface area contributed by atoms with Crippen molar-refractivity contribution in [1.29, 1.82) is 0 Å². The van der Waals surface area contributed by atoms with Crippen LogP contribution in [0, 0.1) is 5.41 Å². The minimum absolute atomic E-state index is 0.0742. The van der Waals surface area contributed by atoms with Crippen molar-refractivity contribution in [3.8, 4) is 0 Å². The highest BCUT2D eigenvalue weighted by Crippen LogP contribution is 2.22. The van der Waals surface area contributed by atoms with E-state index in [-0.39, 0.29) is 11.9 Å². The first-order chi connectivity index (χ1) is 6.80. The summed E-state index contributed by atoms with van der Waals surface area (Å²) in [5, 5.41) is 11.7. The number of carbonyl (C=O) groups is 1. The highest BCUT2D eigenvalue weighted by molar-refractivity contribution is 7.15. The number of nitrogens with one attached hydrogen (secondary N) is 1. The van der Waals surface area contributed by atoms with Crippen LogP contribution in [0.15, 0.2) is 0 Å². The van der Waals surface area contributed by atoms with E-state index in [4.69, 9.17) is 5.73 Å². The molecule has 1 rings (SSSR count). The van der Waals surface area contributed by atoms with Gasteiger partial charge in [-0.05, 0) is 6.92 Å². The third kappa shape index (κ3) is 3.24. The first-order valence-electron chi connectivity index (χ1n) is 4.71. The summed E-state index contributed by atoms with van der Waals surface area (Å²) in [7, 11) is 0. The number of aromatic nitrogens is 2. The molecule has 1 amide bonds. The Morgan fingerprint density at radius 2 is 2.07 bits per heavy atom. The van der Waals surface area contributed by atoms with Crippen LogP contribution in [0.2, 0.25) is 0 Å². The zero-order valence-electron chi connectivity index (χ0n) is 9.37. The predicted octanol–water partition coefficient (Wildman–Crippen LogP) is 1.54. The summed E-state index contributed by atoms with van der Waals surface area (Å²) in [5.41, 5.74) is 5.21. The monoisotopic (exact) mass is 228 g/mol. The first-order valence-corrected chi connectivity index (χ1v) is 5.53. The predicted molar refractivity (Wildman–Crippen MR) is 60.6 cm³/mol. The molecule has 0 bridgehead atoms. The van der Waals surface area contributed by atoms with E-state index in [2.05, 4.69) is 15.5 Å². The van der Waals surface area contributed by atoms with Gasteiger partial charge in [0.2, 0.25) is 11.0 Å². The van der Waals surface area contributed by atoms with Crippen molar-refractivity contribution in [3.63, 3.8) is 0 Å². The lowest BCUT2D eigenvalue weighted by Crippen LogP contribution is -2.27. The Bertz CT molecular complexity index is 353. The Morgan fingerprint density at radius 1 is 1.47 bits per heavy atom. The van der Waals surface area contributed by atoms with E-state index in [0.717, 1.165) is 5.01 Å². The lowest BCUT2D eigenvalue weighted by Gasteiger charge is -2.15. The van der Waals surface area contributed by atoms with Crippen molar-refractivity contribution in [3.05, 3.63) is 5.01 Å². The molecule has 1 aromatic rings. The van der Waals surface area contributed by atoms with Crippen molar-refractivity contribution in [2.45, 2.75) is 33.7 Å². The Hall–Kier alpha value is -1.01. The second kappa shape index (κ2) is 4.24. The van der Waals surface area contributed by atoms with Gasteiger partial charge in [-0.1, -0.05) is 32.1 Å². The highest BCUT2D eigenvalue weighted by atomic mass is 32.1. The molecule has 3 N–H and O–H groups in total. The van der Waals surface area contributed by atoms with Crippen molar-refractivity contribution in [2.24, 2.45) is 11.1 Å². The molecule has 0 fully saturated rings. The smallest absolute Gasteiger partial charge is 0.231 e. The molecule has 1 atom stereocenters. The molecule has 1 heterocycles. The molecule has 15 heavy (non-hydrogen) atoms. The molecule has 0 radical (unpaired) electrons. The molecular formula is C9H16N4OS. The van der Waals surface area contributed by atoms with Crippen LogP contribution in [0.1, 0.15) is 38.7 Å². The van der Waals surface area contributed by atoms with Crippen molar-refractivity contribution in [1.82, 2.24) is 10.2 Å². The van der Waals surface area contributed by atoms with Crippen LogP contribution in [0.5, 0.6) is 0 Å². The van der Waals surface area contributed by atoms with Crippen LogP contribution in [0.4, 0.5) is 5.13 Å². The zero-order chi connectivity index (χ0) is 11.6. The van der Waals surface area contributed by atoms with Crippen molar-refractivity contribution >= 4 is 22.4 Å². The van der Waals surface area contributed by atoms with Crippen LogP contribution < -0.4 is 11.1 Å². The molecule has 0 aliphatic carbocycles. The highest BCUT2D eigenvalue weighted by Gasteiger charge is 2.22. The van der Waals surface area contributed by atoms with Gasteiger partial charge in [-0.3, -0.25) is 4.79 Å². The van der Waals surface area contributed by atoms with Crippen LogP contribution in [-0.4, -0.2) is 16.1 Å². The summed E-state index contributed by atoms with van der Waals surface area (Å²) >= 11 is 1.31. The Morgan fingerprint density at radius 3 is 2.47 bits per heavy atom. The molecule has 0 aliphatic heterocycles.